The molecule has 0 unspecified atom stereocenters. The van der Waals surface area contributed by atoms with E-state index in [1.807, 2.05) is 31.2 Å². The van der Waals surface area contributed by atoms with Crippen LogP contribution in [0.3, 0.4) is 0 Å². The molecule has 1 aromatic carbocycles. The van der Waals surface area contributed by atoms with Crippen LogP contribution in [0.5, 0.6) is 0 Å². The molecule has 0 aliphatic rings. The average molecular weight is 155 g/mol. The average Bonchev–Trinajstić information content (AvgIpc) is 1.88. The molecule has 0 amide bonds. The summed E-state index contributed by atoms with van der Waals surface area (Å²) in [7, 11) is 0. The summed E-state index contributed by atoms with van der Waals surface area (Å²) in [5.41, 5.74) is 1.94. The van der Waals surface area contributed by atoms with Gasteiger partial charge < -0.3 is 0 Å². The number of hydrogen-bond donors (Lipinski definition) is 0. The third-order valence-corrected chi connectivity index (χ3v) is 1.23. The van der Waals surface area contributed by atoms with Crippen LogP contribution in [0, 0.1) is 6.92 Å². The Hall–Kier alpha value is -0.890. The molecular formula is C7H7ClN2. The second-order valence-corrected chi connectivity index (χ2v) is 2.17. The van der Waals surface area contributed by atoms with Crippen LogP contribution in [0.15, 0.2) is 34.0 Å². The minimum atomic E-state index is 0.787. The van der Waals surface area contributed by atoms with E-state index in [0.29, 0.717) is 0 Å². The maximum atomic E-state index is 5.05. The lowest BCUT2D eigenvalue weighted by Gasteiger charge is -1.90. The zero-order chi connectivity index (χ0) is 7.40. The topological polar surface area (TPSA) is 24.7 Å². The molecule has 0 saturated carbocycles. The Labute approximate surface area is 64.7 Å². The highest BCUT2D eigenvalue weighted by Crippen LogP contribution is 2.13. The standard InChI is InChI=1S/C7H7ClN2/c1-6-3-2-4-7(5-6)9-10-8/h2-5H,1H3/b10-9+. The molecule has 0 aliphatic carbocycles. The van der Waals surface area contributed by atoms with Gasteiger partial charge in [0, 0.05) is 0 Å². The molecule has 0 N–H and O–H groups in total. The van der Waals surface area contributed by atoms with Crippen LogP contribution < -0.4 is 0 Å². The van der Waals surface area contributed by atoms with Crippen molar-refractivity contribution in [2.24, 2.45) is 9.75 Å². The van der Waals surface area contributed by atoms with E-state index in [1.165, 1.54) is 0 Å². The molecule has 0 spiro atoms. The SMILES string of the molecule is Cc1cccc(/N=N/Cl)c1. The molecule has 0 aliphatic heterocycles. The van der Waals surface area contributed by atoms with Gasteiger partial charge in [0.05, 0.1) is 17.5 Å². The van der Waals surface area contributed by atoms with Gasteiger partial charge in [-0.2, -0.15) is 0 Å². The highest BCUT2D eigenvalue weighted by atomic mass is 35.5. The summed E-state index contributed by atoms with van der Waals surface area (Å²) in [5.74, 6) is 0. The van der Waals surface area contributed by atoms with Crippen molar-refractivity contribution >= 4 is 17.5 Å². The second kappa shape index (κ2) is 3.32. The molecule has 3 heteroatoms. The summed E-state index contributed by atoms with van der Waals surface area (Å²) in [6.07, 6.45) is 0. The zero-order valence-electron chi connectivity index (χ0n) is 5.58. The van der Waals surface area contributed by atoms with E-state index in [2.05, 4.69) is 9.75 Å². The van der Waals surface area contributed by atoms with Gasteiger partial charge in [0.1, 0.15) is 0 Å². The predicted molar refractivity (Wildman–Crippen MR) is 41.5 cm³/mol. The van der Waals surface area contributed by atoms with Crippen molar-refractivity contribution in [2.75, 3.05) is 0 Å². The number of halogens is 1. The molecule has 0 atom stereocenters. The lowest BCUT2D eigenvalue weighted by atomic mass is 10.2. The first-order valence-corrected chi connectivity index (χ1v) is 3.25. The summed E-state index contributed by atoms with van der Waals surface area (Å²) in [5, 5.41) is 3.66. The third kappa shape index (κ3) is 1.81. The van der Waals surface area contributed by atoms with Crippen LogP contribution in [0.25, 0.3) is 0 Å². The molecule has 0 saturated heterocycles. The molecule has 1 rings (SSSR count). The minimum Gasteiger partial charge on any atom is -0.138 e. The summed E-state index contributed by atoms with van der Waals surface area (Å²) >= 11 is 5.05. The Balaban J connectivity index is 2.95. The van der Waals surface area contributed by atoms with Gasteiger partial charge in [-0.15, -0.1) is 5.11 Å². The van der Waals surface area contributed by atoms with Crippen molar-refractivity contribution in [1.82, 2.24) is 0 Å². The normalized spacial score (nSPS) is 10.6. The van der Waals surface area contributed by atoms with Gasteiger partial charge >= 0.3 is 0 Å². The lowest BCUT2D eigenvalue weighted by molar-refractivity contribution is 1.31. The fourth-order valence-corrected chi connectivity index (χ4v) is 0.821. The van der Waals surface area contributed by atoms with Crippen molar-refractivity contribution in [2.45, 2.75) is 6.92 Å². The number of aryl methyl sites for hydroxylation is 1. The van der Waals surface area contributed by atoms with E-state index in [-0.39, 0.29) is 0 Å². The van der Waals surface area contributed by atoms with Crippen LogP contribution in [0.4, 0.5) is 5.69 Å². The van der Waals surface area contributed by atoms with Crippen molar-refractivity contribution in [3.63, 3.8) is 0 Å². The molecule has 0 fully saturated rings. The first-order chi connectivity index (χ1) is 4.83. The molecule has 0 radical (unpaired) electrons. The minimum absolute atomic E-state index is 0.787. The van der Waals surface area contributed by atoms with E-state index < -0.39 is 0 Å². The first kappa shape index (κ1) is 7.22. The number of nitrogens with zero attached hydrogens (tertiary/aromatic N) is 2. The van der Waals surface area contributed by atoms with E-state index >= 15 is 0 Å². The molecule has 0 heterocycles. The van der Waals surface area contributed by atoms with Gasteiger partial charge in [0.15, 0.2) is 0 Å². The fourth-order valence-electron chi connectivity index (χ4n) is 0.734. The van der Waals surface area contributed by atoms with Crippen LogP contribution >= 0.6 is 11.8 Å². The number of hydrogen-bond acceptors (Lipinski definition) is 2. The molecular weight excluding hydrogens is 148 g/mol. The monoisotopic (exact) mass is 154 g/mol. The van der Waals surface area contributed by atoms with Gasteiger partial charge in [-0.05, 0) is 24.6 Å². The van der Waals surface area contributed by atoms with E-state index in [9.17, 15) is 0 Å². The maximum Gasteiger partial charge on any atom is 0.0870 e. The quantitative estimate of drug-likeness (QED) is 0.555. The van der Waals surface area contributed by atoms with E-state index in [4.69, 9.17) is 11.8 Å². The maximum absolute atomic E-state index is 5.05. The Kier molecular flexibility index (Phi) is 2.40. The molecule has 1 aromatic rings. The third-order valence-electron chi connectivity index (χ3n) is 1.15. The summed E-state index contributed by atoms with van der Waals surface area (Å²) in [6.45, 7) is 1.99. The highest BCUT2D eigenvalue weighted by molar-refractivity contribution is 6.14. The molecule has 10 heavy (non-hydrogen) atoms. The van der Waals surface area contributed by atoms with Gasteiger partial charge in [0.25, 0.3) is 0 Å². The smallest absolute Gasteiger partial charge is 0.0870 e. The Bertz CT molecular complexity index is 245. The fraction of sp³-hybridized carbons (Fsp3) is 0.143. The van der Waals surface area contributed by atoms with Crippen molar-refractivity contribution in [3.8, 4) is 0 Å². The Morgan fingerprint density at radius 2 is 2.20 bits per heavy atom. The van der Waals surface area contributed by atoms with E-state index in [0.717, 1.165) is 11.3 Å². The molecule has 0 bridgehead atoms. The summed E-state index contributed by atoms with van der Waals surface area (Å²) in [4.78, 5) is 0. The Morgan fingerprint density at radius 3 is 2.80 bits per heavy atom. The summed E-state index contributed by atoms with van der Waals surface area (Å²) < 4.78 is 3.14. The van der Waals surface area contributed by atoms with E-state index in [1.54, 1.807) is 0 Å². The Morgan fingerprint density at radius 1 is 1.40 bits per heavy atom. The summed E-state index contributed by atoms with van der Waals surface area (Å²) in [6, 6.07) is 7.66. The highest BCUT2D eigenvalue weighted by Gasteiger charge is 1.86. The molecule has 2 nitrogen and oxygen atoms in total. The van der Waals surface area contributed by atoms with Gasteiger partial charge in [-0.25, -0.2) is 0 Å². The van der Waals surface area contributed by atoms with Gasteiger partial charge in [0.2, 0.25) is 0 Å². The van der Waals surface area contributed by atoms with Crippen molar-refractivity contribution in [3.05, 3.63) is 29.8 Å². The van der Waals surface area contributed by atoms with Crippen molar-refractivity contribution < 1.29 is 0 Å². The molecule has 0 aromatic heterocycles. The van der Waals surface area contributed by atoms with Crippen LogP contribution in [0.2, 0.25) is 0 Å². The predicted octanol–water partition coefficient (Wildman–Crippen LogP) is 3.23. The largest absolute Gasteiger partial charge is 0.138 e. The van der Waals surface area contributed by atoms with Gasteiger partial charge in [-0.3, -0.25) is 0 Å². The van der Waals surface area contributed by atoms with Crippen LogP contribution in [-0.2, 0) is 0 Å². The van der Waals surface area contributed by atoms with Crippen molar-refractivity contribution in [1.29, 1.82) is 0 Å². The molecule has 52 valence electrons. The van der Waals surface area contributed by atoms with Crippen LogP contribution in [-0.4, -0.2) is 0 Å². The first-order valence-electron chi connectivity index (χ1n) is 2.91. The zero-order valence-corrected chi connectivity index (χ0v) is 6.34. The lowest BCUT2D eigenvalue weighted by Crippen LogP contribution is -1.67. The second-order valence-electron chi connectivity index (χ2n) is 2.01. The number of benzene rings is 1. The van der Waals surface area contributed by atoms with Crippen LogP contribution in [0.1, 0.15) is 5.56 Å². The number of rotatable bonds is 1. The van der Waals surface area contributed by atoms with Gasteiger partial charge in [-0.1, -0.05) is 16.8 Å².